The van der Waals surface area contributed by atoms with Crippen molar-refractivity contribution in [1.82, 2.24) is 9.78 Å². The van der Waals surface area contributed by atoms with Gasteiger partial charge in [0.25, 0.3) is 5.91 Å². The van der Waals surface area contributed by atoms with E-state index < -0.39 is 5.91 Å². The van der Waals surface area contributed by atoms with E-state index in [0.29, 0.717) is 11.4 Å². The van der Waals surface area contributed by atoms with Crippen LogP contribution >= 0.6 is 0 Å². The first kappa shape index (κ1) is 19.4. The summed E-state index contributed by atoms with van der Waals surface area (Å²) in [6.07, 6.45) is 5.49. The van der Waals surface area contributed by atoms with Gasteiger partial charge < -0.3 is 20.7 Å². The lowest BCUT2D eigenvalue weighted by atomic mass is 9.91. The molecule has 2 aromatic rings. The number of hydrogen-bond acceptors (Lipinski definition) is 5. The number of carbonyl (C=O) groups is 1. The maximum Gasteiger partial charge on any atom is 0.254 e. The average molecular weight is 380 g/mol. The van der Waals surface area contributed by atoms with Gasteiger partial charge in [-0.25, -0.2) is 6.57 Å². The molecule has 1 heterocycles. The molecule has 0 spiro atoms. The lowest BCUT2D eigenvalue weighted by Crippen LogP contribution is -2.25. The zero-order valence-electron chi connectivity index (χ0n) is 16.1. The highest BCUT2D eigenvalue weighted by atomic mass is 16.6. The van der Waals surface area contributed by atoms with Crippen LogP contribution in [0.2, 0.25) is 0 Å². The second kappa shape index (κ2) is 8.57. The number of nitrogens with one attached hydrogen (secondary N) is 1. The summed E-state index contributed by atoms with van der Waals surface area (Å²) in [6, 6.07) is 7.39. The van der Waals surface area contributed by atoms with Crippen molar-refractivity contribution in [3.8, 4) is 0 Å². The third-order valence-corrected chi connectivity index (χ3v) is 4.99. The summed E-state index contributed by atoms with van der Waals surface area (Å²) in [5.41, 5.74) is 8.33. The van der Waals surface area contributed by atoms with Crippen LogP contribution in [0.5, 0.6) is 0 Å². The first-order valence-corrected chi connectivity index (χ1v) is 9.24. The first-order valence-electron chi connectivity index (χ1n) is 9.24. The summed E-state index contributed by atoms with van der Waals surface area (Å²) in [4.78, 5) is 20.5. The quantitative estimate of drug-likeness (QED) is 0.455. The summed E-state index contributed by atoms with van der Waals surface area (Å²) in [5, 5.41) is 11.6. The molecule has 1 aromatic heterocycles. The molecule has 28 heavy (non-hydrogen) atoms. The van der Waals surface area contributed by atoms with Gasteiger partial charge >= 0.3 is 0 Å². The van der Waals surface area contributed by atoms with Crippen LogP contribution in [0.1, 0.15) is 54.6 Å². The smallest absolute Gasteiger partial charge is 0.254 e. The van der Waals surface area contributed by atoms with Crippen LogP contribution in [0.25, 0.3) is 4.85 Å². The van der Waals surface area contributed by atoms with Crippen molar-refractivity contribution in [1.29, 1.82) is 0 Å². The van der Waals surface area contributed by atoms with E-state index in [4.69, 9.17) is 17.1 Å². The third-order valence-electron chi connectivity index (χ3n) is 4.99. The molecule has 1 aliphatic carbocycles. The van der Waals surface area contributed by atoms with Gasteiger partial charge in [-0.15, -0.1) is 0 Å². The summed E-state index contributed by atoms with van der Waals surface area (Å²) < 4.78 is 1.73. The van der Waals surface area contributed by atoms with Crippen LogP contribution in [0, 0.1) is 6.57 Å². The van der Waals surface area contributed by atoms with Gasteiger partial charge in [-0.2, -0.15) is 5.10 Å². The number of oxime groups is 1. The minimum absolute atomic E-state index is 0.0322. The molecule has 8 heteroatoms. The Bertz CT molecular complexity index is 910. The molecule has 3 N–H and O–H groups in total. The van der Waals surface area contributed by atoms with Gasteiger partial charge in [0.15, 0.2) is 5.82 Å². The van der Waals surface area contributed by atoms with Crippen molar-refractivity contribution in [2.75, 3.05) is 12.4 Å². The van der Waals surface area contributed by atoms with Crippen molar-refractivity contribution in [3.63, 3.8) is 0 Å². The van der Waals surface area contributed by atoms with Crippen molar-refractivity contribution < 1.29 is 9.63 Å². The Morgan fingerprint density at radius 1 is 1.36 bits per heavy atom. The fourth-order valence-corrected chi connectivity index (χ4v) is 3.51. The predicted molar refractivity (Wildman–Crippen MR) is 108 cm³/mol. The number of aromatic nitrogens is 2. The molecule has 146 valence electrons. The molecule has 1 aliphatic rings. The van der Waals surface area contributed by atoms with Crippen molar-refractivity contribution >= 4 is 23.1 Å². The highest BCUT2D eigenvalue weighted by molar-refractivity contribution is 5.99. The second-order valence-corrected chi connectivity index (χ2v) is 6.85. The van der Waals surface area contributed by atoms with E-state index in [1.165, 1.54) is 7.11 Å². The molecule has 0 bridgehead atoms. The van der Waals surface area contributed by atoms with Crippen LogP contribution in [0.3, 0.4) is 0 Å². The molecule has 0 saturated heterocycles. The number of carbonyl (C=O) groups excluding carboxylic acids is 1. The fourth-order valence-electron chi connectivity index (χ4n) is 3.51. The molecule has 8 nitrogen and oxygen atoms in total. The van der Waals surface area contributed by atoms with Gasteiger partial charge in [0.1, 0.15) is 18.7 Å². The van der Waals surface area contributed by atoms with Crippen LogP contribution in [-0.2, 0) is 4.84 Å². The summed E-state index contributed by atoms with van der Waals surface area (Å²) in [6.45, 7) is 9.30. The minimum atomic E-state index is -0.552. The standard InChI is InChI=1S/C20H24N6O2/c1-13(25-28-3)14-8-10-15(11-9-14)23-20-16(19(21)27)12-26(24-20)18-7-5-4-6-17(18)22-2/h8-12,17-18H,4-7H2,1,3H3,(H2,21,27)(H,23,24)/b25-13-/t17-,18-/m0/s1. The van der Waals surface area contributed by atoms with Gasteiger partial charge in [0.05, 0.1) is 5.71 Å². The van der Waals surface area contributed by atoms with Gasteiger partial charge in [-0.1, -0.05) is 23.7 Å². The Morgan fingerprint density at radius 3 is 2.71 bits per heavy atom. The van der Waals surface area contributed by atoms with Gasteiger partial charge in [0, 0.05) is 18.3 Å². The molecule has 0 radical (unpaired) electrons. The van der Waals surface area contributed by atoms with Crippen LogP contribution in [0.15, 0.2) is 35.6 Å². The summed E-state index contributed by atoms with van der Waals surface area (Å²) in [7, 11) is 1.51. The number of nitrogens with zero attached hydrogens (tertiary/aromatic N) is 4. The van der Waals surface area contributed by atoms with Gasteiger partial charge in [-0.05, 0) is 37.5 Å². The molecule has 2 atom stereocenters. The highest BCUT2D eigenvalue weighted by Gasteiger charge is 2.32. The van der Waals surface area contributed by atoms with Crippen molar-refractivity contribution in [3.05, 3.63) is 53.0 Å². The number of amides is 1. The lowest BCUT2D eigenvalue weighted by Gasteiger charge is -2.23. The Kier molecular flexibility index (Phi) is 5.94. The van der Waals surface area contributed by atoms with E-state index >= 15 is 0 Å². The topological polar surface area (TPSA) is 98.9 Å². The van der Waals surface area contributed by atoms with Crippen LogP contribution in [0.4, 0.5) is 11.5 Å². The van der Waals surface area contributed by atoms with Crippen molar-refractivity contribution in [2.45, 2.75) is 44.7 Å². The number of benzene rings is 1. The van der Waals surface area contributed by atoms with Gasteiger partial charge in [-0.3, -0.25) is 9.48 Å². The first-order chi connectivity index (χ1) is 13.5. The number of anilines is 2. The number of primary amides is 1. The zero-order valence-corrected chi connectivity index (χ0v) is 16.1. The van der Waals surface area contributed by atoms with E-state index in [0.717, 1.165) is 42.6 Å². The molecule has 0 aliphatic heterocycles. The van der Waals surface area contributed by atoms with Crippen molar-refractivity contribution in [2.24, 2.45) is 10.9 Å². The molecule has 1 saturated carbocycles. The predicted octanol–water partition coefficient (Wildman–Crippen LogP) is 3.50. The summed E-state index contributed by atoms with van der Waals surface area (Å²) in [5.74, 6) is -0.152. The average Bonchev–Trinajstić information content (AvgIpc) is 3.12. The molecule has 3 rings (SSSR count). The second-order valence-electron chi connectivity index (χ2n) is 6.85. The van der Waals surface area contributed by atoms with E-state index in [1.807, 2.05) is 31.2 Å². The summed E-state index contributed by atoms with van der Waals surface area (Å²) >= 11 is 0. The van der Waals surface area contributed by atoms with E-state index in [-0.39, 0.29) is 12.1 Å². The van der Waals surface area contributed by atoms with Gasteiger partial charge in [0.2, 0.25) is 6.04 Å². The zero-order chi connectivity index (χ0) is 20.1. The van der Waals surface area contributed by atoms with E-state index in [9.17, 15) is 4.79 Å². The highest BCUT2D eigenvalue weighted by Crippen LogP contribution is 2.32. The monoisotopic (exact) mass is 380 g/mol. The molecule has 1 amide bonds. The normalized spacial score (nSPS) is 19.7. The fraction of sp³-hybridized carbons (Fsp3) is 0.400. The number of nitrogens with two attached hydrogens (primary N) is 1. The largest absolute Gasteiger partial charge is 0.399 e. The molecule has 1 aromatic carbocycles. The molecule has 1 fully saturated rings. The Hall–Kier alpha value is -3.34. The number of rotatable bonds is 6. The maximum atomic E-state index is 11.9. The third kappa shape index (κ3) is 4.14. The molecule has 0 unspecified atom stereocenters. The maximum absolute atomic E-state index is 11.9. The SMILES string of the molecule is [C-]#[N+][C@H]1CCCC[C@@H]1n1cc(C(N)=O)c(Nc2ccc(/C(C)=N\OC)cc2)n1. The van der Waals surface area contributed by atoms with Crippen LogP contribution < -0.4 is 11.1 Å². The Balaban J connectivity index is 1.85. The van der Waals surface area contributed by atoms with E-state index in [2.05, 4.69) is 20.4 Å². The molecular weight excluding hydrogens is 356 g/mol. The lowest BCUT2D eigenvalue weighted by molar-refractivity contribution is 0.100. The number of hydrogen-bond donors (Lipinski definition) is 2. The Morgan fingerprint density at radius 2 is 2.07 bits per heavy atom. The minimum Gasteiger partial charge on any atom is -0.399 e. The molecular formula is C20H24N6O2. The Labute approximate surface area is 164 Å². The van der Waals surface area contributed by atoms with Crippen LogP contribution in [-0.4, -0.2) is 34.6 Å². The van der Waals surface area contributed by atoms with E-state index in [1.54, 1.807) is 10.9 Å².